The van der Waals surface area contributed by atoms with Gasteiger partial charge in [-0.1, -0.05) is 12.1 Å². The molecule has 110 valence electrons. The summed E-state index contributed by atoms with van der Waals surface area (Å²) in [5.74, 6) is -1.86. The van der Waals surface area contributed by atoms with Crippen LogP contribution in [0.2, 0.25) is 0 Å². The van der Waals surface area contributed by atoms with Crippen molar-refractivity contribution in [3.63, 3.8) is 0 Å². The number of carbonyl (C=O) groups excluding carboxylic acids is 2. The van der Waals surface area contributed by atoms with Crippen LogP contribution >= 0.6 is 15.9 Å². The van der Waals surface area contributed by atoms with Crippen LogP contribution in [0.15, 0.2) is 45.5 Å². The van der Waals surface area contributed by atoms with E-state index < -0.39 is 24.2 Å². The lowest BCUT2D eigenvalue weighted by molar-refractivity contribution is -0.123. The topological polar surface area (TPSA) is 80.6 Å². The summed E-state index contributed by atoms with van der Waals surface area (Å²) in [7, 11) is 0. The number of ether oxygens (including phenoxy) is 1. The van der Waals surface area contributed by atoms with Crippen LogP contribution in [0.5, 0.6) is 5.75 Å². The summed E-state index contributed by atoms with van der Waals surface area (Å²) in [6.07, 6.45) is 0. The molecule has 21 heavy (non-hydrogen) atoms. The molecule has 1 heterocycles. The van der Waals surface area contributed by atoms with Gasteiger partial charge in [-0.3, -0.25) is 20.4 Å². The molecule has 0 atom stereocenters. The maximum absolute atomic E-state index is 13.2. The molecule has 0 aliphatic rings. The van der Waals surface area contributed by atoms with E-state index in [4.69, 9.17) is 9.15 Å². The molecule has 0 spiro atoms. The van der Waals surface area contributed by atoms with Gasteiger partial charge in [0.05, 0.1) is 0 Å². The molecular weight excluding hydrogens is 347 g/mol. The monoisotopic (exact) mass is 356 g/mol. The Morgan fingerprint density at radius 3 is 2.62 bits per heavy atom. The lowest BCUT2D eigenvalue weighted by Crippen LogP contribution is -2.43. The first-order valence-corrected chi connectivity index (χ1v) is 6.57. The van der Waals surface area contributed by atoms with Crippen LogP contribution in [-0.4, -0.2) is 18.4 Å². The summed E-state index contributed by atoms with van der Waals surface area (Å²) in [4.78, 5) is 23.0. The van der Waals surface area contributed by atoms with Crippen LogP contribution in [0, 0.1) is 5.82 Å². The molecule has 0 saturated carbocycles. The zero-order valence-electron chi connectivity index (χ0n) is 10.6. The molecule has 0 radical (unpaired) electrons. The Morgan fingerprint density at radius 1 is 1.19 bits per heavy atom. The Balaban J connectivity index is 1.78. The van der Waals surface area contributed by atoms with Gasteiger partial charge in [-0.25, -0.2) is 4.39 Å². The maximum Gasteiger partial charge on any atom is 0.305 e. The van der Waals surface area contributed by atoms with E-state index in [0.29, 0.717) is 4.67 Å². The van der Waals surface area contributed by atoms with Gasteiger partial charge in [0.25, 0.3) is 5.91 Å². The Labute approximate surface area is 127 Å². The lowest BCUT2D eigenvalue weighted by Gasteiger charge is -2.08. The van der Waals surface area contributed by atoms with Crippen LogP contribution in [0.25, 0.3) is 0 Å². The quantitative estimate of drug-likeness (QED) is 0.821. The molecule has 0 saturated heterocycles. The predicted molar refractivity (Wildman–Crippen MR) is 73.9 cm³/mol. The average Bonchev–Trinajstić information content (AvgIpc) is 2.90. The molecule has 0 bridgehead atoms. The summed E-state index contributed by atoms with van der Waals surface area (Å²) in [6, 6.07) is 8.65. The van der Waals surface area contributed by atoms with Crippen molar-refractivity contribution in [2.45, 2.75) is 0 Å². The van der Waals surface area contributed by atoms with E-state index in [9.17, 15) is 14.0 Å². The van der Waals surface area contributed by atoms with E-state index >= 15 is 0 Å². The summed E-state index contributed by atoms with van der Waals surface area (Å²) < 4.78 is 23.6. The highest BCUT2D eigenvalue weighted by Gasteiger charge is 2.12. The van der Waals surface area contributed by atoms with Crippen molar-refractivity contribution in [1.82, 2.24) is 10.9 Å². The number of nitrogens with one attached hydrogen (secondary N) is 2. The van der Waals surface area contributed by atoms with Crippen molar-refractivity contribution in [1.29, 1.82) is 0 Å². The average molecular weight is 357 g/mol. The van der Waals surface area contributed by atoms with E-state index in [0.717, 1.165) is 0 Å². The van der Waals surface area contributed by atoms with Crippen molar-refractivity contribution >= 4 is 27.7 Å². The van der Waals surface area contributed by atoms with E-state index in [1.807, 2.05) is 0 Å². The van der Waals surface area contributed by atoms with E-state index in [-0.39, 0.29) is 11.5 Å². The van der Waals surface area contributed by atoms with Crippen LogP contribution < -0.4 is 15.6 Å². The molecule has 8 heteroatoms. The Hall–Kier alpha value is -2.35. The summed E-state index contributed by atoms with van der Waals surface area (Å²) in [5.41, 5.74) is 4.25. The molecule has 0 aliphatic carbocycles. The Kier molecular flexibility index (Phi) is 4.94. The van der Waals surface area contributed by atoms with Gasteiger partial charge < -0.3 is 9.15 Å². The molecule has 1 aromatic heterocycles. The highest BCUT2D eigenvalue weighted by atomic mass is 79.9. The number of hydrazine groups is 1. The third kappa shape index (κ3) is 4.32. The van der Waals surface area contributed by atoms with Crippen LogP contribution in [0.3, 0.4) is 0 Å². The number of rotatable bonds is 4. The van der Waals surface area contributed by atoms with E-state index in [1.54, 1.807) is 6.07 Å². The fraction of sp³-hybridized carbons (Fsp3) is 0.0769. The van der Waals surface area contributed by atoms with Gasteiger partial charge in [-0.2, -0.15) is 0 Å². The molecule has 0 aliphatic heterocycles. The molecule has 0 fully saturated rings. The summed E-state index contributed by atoms with van der Waals surface area (Å²) >= 11 is 3.05. The van der Waals surface area contributed by atoms with Gasteiger partial charge in [0, 0.05) is 0 Å². The number of amides is 2. The maximum atomic E-state index is 13.2. The van der Waals surface area contributed by atoms with Gasteiger partial charge in [0.15, 0.2) is 28.6 Å². The van der Waals surface area contributed by atoms with Gasteiger partial charge >= 0.3 is 5.91 Å². The van der Waals surface area contributed by atoms with E-state index in [1.165, 1.54) is 30.3 Å². The van der Waals surface area contributed by atoms with Gasteiger partial charge in [0.1, 0.15) is 0 Å². The van der Waals surface area contributed by atoms with Crippen LogP contribution in [-0.2, 0) is 4.79 Å². The first kappa shape index (κ1) is 15.0. The number of furan rings is 1. The molecule has 2 N–H and O–H groups in total. The van der Waals surface area contributed by atoms with Crippen LogP contribution in [0.1, 0.15) is 10.6 Å². The van der Waals surface area contributed by atoms with Crippen molar-refractivity contribution < 1.29 is 23.1 Å². The highest BCUT2D eigenvalue weighted by Crippen LogP contribution is 2.15. The zero-order valence-corrected chi connectivity index (χ0v) is 12.1. The summed E-state index contributed by atoms with van der Waals surface area (Å²) in [6.45, 7) is -0.441. The molecule has 0 unspecified atom stereocenters. The first-order chi connectivity index (χ1) is 10.1. The minimum atomic E-state index is -0.641. The Bertz CT molecular complexity index is 659. The minimum absolute atomic E-state index is 0.0252. The molecular formula is C13H10BrFN2O4. The lowest BCUT2D eigenvalue weighted by atomic mass is 10.3. The fourth-order valence-electron chi connectivity index (χ4n) is 1.37. The highest BCUT2D eigenvalue weighted by molar-refractivity contribution is 9.10. The second-order valence-corrected chi connectivity index (χ2v) is 4.61. The van der Waals surface area contributed by atoms with Crippen molar-refractivity contribution in [2.24, 2.45) is 0 Å². The second-order valence-electron chi connectivity index (χ2n) is 3.83. The second kappa shape index (κ2) is 6.89. The molecule has 2 aromatic rings. The van der Waals surface area contributed by atoms with Crippen molar-refractivity contribution in [3.05, 3.63) is 52.6 Å². The van der Waals surface area contributed by atoms with Crippen molar-refractivity contribution in [2.75, 3.05) is 6.61 Å². The van der Waals surface area contributed by atoms with Gasteiger partial charge in [-0.05, 0) is 40.2 Å². The molecule has 2 rings (SSSR count). The third-order valence-electron chi connectivity index (χ3n) is 2.31. The number of hydrogen-bond acceptors (Lipinski definition) is 4. The number of hydrogen-bond donors (Lipinski definition) is 2. The Morgan fingerprint density at radius 2 is 1.95 bits per heavy atom. The zero-order chi connectivity index (χ0) is 15.2. The molecule has 6 nitrogen and oxygen atoms in total. The molecule has 2 amide bonds. The SMILES string of the molecule is O=C(COc1ccccc1F)NNC(=O)c1ccc(Br)o1. The number of halogens is 2. The minimum Gasteiger partial charge on any atom is -0.481 e. The fourth-order valence-corrected chi connectivity index (χ4v) is 1.67. The van der Waals surface area contributed by atoms with Gasteiger partial charge in [0.2, 0.25) is 0 Å². The number of carbonyl (C=O) groups is 2. The number of para-hydroxylation sites is 1. The largest absolute Gasteiger partial charge is 0.481 e. The molecule has 1 aromatic carbocycles. The standard InChI is InChI=1S/C13H10BrFN2O4/c14-11-6-5-10(21-11)13(19)17-16-12(18)7-20-9-4-2-1-3-8(9)15/h1-6H,7H2,(H,16,18)(H,17,19). The third-order valence-corrected chi connectivity index (χ3v) is 2.73. The van der Waals surface area contributed by atoms with Gasteiger partial charge in [-0.15, -0.1) is 0 Å². The summed E-state index contributed by atoms with van der Waals surface area (Å²) in [5, 5.41) is 0. The normalized spacial score (nSPS) is 10.0. The number of benzene rings is 1. The van der Waals surface area contributed by atoms with Crippen LogP contribution in [0.4, 0.5) is 4.39 Å². The van der Waals surface area contributed by atoms with E-state index in [2.05, 4.69) is 26.8 Å². The smallest absolute Gasteiger partial charge is 0.305 e. The van der Waals surface area contributed by atoms with Crippen molar-refractivity contribution in [3.8, 4) is 5.75 Å². The first-order valence-electron chi connectivity index (χ1n) is 5.78. The predicted octanol–water partition coefficient (Wildman–Crippen LogP) is 2.02.